The van der Waals surface area contributed by atoms with Crippen LogP contribution in [0, 0.1) is 11.3 Å². The number of aliphatic carboxylic acids is 1. The first-order chi connectivity index (χ1) is 7.99. The lowest BCUT2D eigenvalue weighted by Gasteiger charge is -2.09. The van der Waals surface area contributed by atoms with Gasteiger partial charge >= 0.3 is 11.9 Å². The molecule has 0 atom stereocenters. The number of nitriles is 1. The van der Waals surface area contributed by atoms with E-state index in [2.05, 4.69) is 5.32 Å². The highest BCUT2D eigenvalue weighted by Gasteiger charge is 2.17. The van der Waals surface area contributed by atoms with Gasteiger partial charge in [0.15, 0.2) is 0 Å². The molecule has 88 valence electrons. The molecular formula is C10H7ClN2O4. The maximum absolute atomic E-state index is 11.0. The number of hydrogen-bond acceptors (Lipinski definition) is 4. The Bertz CT molecular complexity index is 522. The average molecular weight is 255 g/mol. The number of rotatable bonds is 2. The van der Waals surface area contributed by atoms with Gasteiger partial charge in [0, 0.05) is 11.1 Å². The van der Waals surface area contributed by atoms with E-state index >= 15 is 0 Å². The predicted molar refractivity (Wildman–Crippen MR) is 59.0 cm³/mol. The first-order valence-corrected chi connectivity index (χ1v) is 4.69. The van der Waals surface area contributed by atoms with E-state index in [1.165, 1.54) is 19.2 Å². The van der Waals surface area contributed by atoms with Crippen LogP contribution in [-0.4, -0.2) is 24.1 Å². The van der Waals surface area contributed by atoms with E-state index in [0.717, 1.165) is 0 Å². The fourth-order valence-corrected chi connectivity index (χ4v) is 1.34. The molecule has 0 unspecified atom stereocenters. The highest BCUT2D eigenvalue weighted by atomic mass is 35.5. The van der Waals surface area contributed by atoms with Gasteiger partial charge in [-0.1, -0.05) is 11.6 Å². The molecule has 0 bridgehead atoms. The molecule has 0 spiro atoms. The van der Waals surface area contributed by atoms with Crippen molar-refractivity contribution >= 4 is 29.2 Å². The van der Waals surface area contributed by atoms with Crippen molar-refractivity contribution in [2.45, 2.75) is 0 Å². The molecule has 1 aromatic rings. The van der Waals surface area contributed by atoms with Crippen LogP contribution in [0.1, 0.15) is 5.56 Å². The number of anilines is 1. The van der Waals surface area contributed by atoms with Crippen molar-refractivity contribution in [3.05, 3.63) is 22.7 Å². The summed E-state index contributed by atoms with van der Waals surface area (Å²) in [6.45, 7) is 0. The number of halogens is 1. The zero-order chi connectivity index (χ0) is 13.0. The monoisotopic (exact) mass is 254 g/mol. The number of ether oxygens (including phenoxy) is 1. The van der Waals surface area contributed by atoms with E-state index in [4.69, 9.17) is 26.7 Å². The van der Waals surface area contributed by atoms with Crippen molar-refractivity contribution in [2.24, 2.45) is 0 Å². The van der Waals surface area contributed by atoms with Crippen LogP contribution in [0.15, 0.2) is 12.1 Å². The number of carboxylic acid groups (broad SMARTS) is 1. The van der Waals surface area contributed by atoms with Gasteiger partial charge in [0.05, 0.1) is 12.8 Å². The van der Waals surface area contributed by atoms with E-state index in [-0.39, 0.29) is 22.0 Å². The lowest BCUT2D eigenvalue weighted by Crippen LogP contribution is -2.22. The summed E-state index contributed by atoms with van der Waals surface area (Å²) in [7, 11) is 1.33. The van der Waals surface area contributed by atoms with Crippen molar-refractivity contribution < 1.29 is 19.4 Å². The molecule has 1 aromatic carbocycles. The number of nitrogens with zero attached hydrogens (tertiary/aromatic N) is 1. The second-order valence-corrected chi connectivity index (χ2v) is 3.34. The minimum absolute atomic E-state index is 0.00602. The quantitative estimate of drug-likeness (QED) is 0.774. The van der Waals surface area contributed by atoms with E-state index in [1.54, 1.807) is 6.07 Å². The fourth-order valence-electron chi connectivity index (χ4n) is 1.13. The van der Waals surface area contributed by atoms with Crippen LogP contribution in [0.2, 0.25) is 5.02 Å². The molecule has 0 aromatic heterocycles. The molecule has 0 aliphatic carbocycles. The average Bonchev–Trinajstić information content (AvgIpc) is 2.27. The van der Waals surface area contributed by atoms with Crippen molar-refractivity contribution in [1.29, 1.82) is 5.26 Å². The Balaban J connectivity index is 3.23. The van der Waals surface area contributed by atoms with E-state index in [9.17, 15) is 9.59 Å². The van der Waals surface area contributed by atoms with Gasteiger partial charge in [0.25, 0.3) is 0 Å². The standard InChI is InChI=1S/C10H7ClN2O4/c1-17-8-3-5(11)2-7(6(8)4-12)13-9(14)10(15)16/h2-3H,1H3,(H,13,14)(H,15,16). The molecule has 2 N–H and O–H groups in total. The SMILES string of the molecule is COc1cc(Cl)cc(NC(=O)C(=O)O)c1C#N. The first-order valence-electron chi connectivity index (χ1n) is 4.31. The number of amides is 1. The van der Waals surface area contributed by atoms with Gasteiger partial charge in [0.1, 0.15) is 17.4 Å². The van der Waals surface area contributed by atoms with Crippen LogP contribution in [0.3, 0.4) is 0 Å². The molecule has 0 radical (unpaired) electrons. The van der Waals surface area contributed by atoms with Crippen molar-refractivity contribution in [2.75, 3.05) is 12.4 Å². The molecular weight excluding hydrogens is 248 g/mol. The van der Waals surface area contributed by atoms with E-state index < -0.39 is 11.9 Å². The van der Waals surface area contributed by atoms with Crippen LogP contribution in [-0.2, 0) is 9.59 Å². The molecule has 1 rings (SSSR count). The second kappa shape index (κ2) is 5.18. The third-order valence-electron chi connectivity index (χ3n) is 1.84. The molecule has 17 heavy (non-hydrogen) atoms. The number of nitrogens with one attached hydrogen (secondary N) is 1. The minimum atomic E-state index is -1.66. The molecule has 0 saturated heterocycles. The number of carbonyl (C=O) groups excluding carboxylic acids is 1. The first kappa shape index (κ1) is 12.8. The van der Waals surface area contributed by atoms with Crippen LogP contribution < -0.4 is 10.1 Å². The molecule has 7 heteroatoms. The summed E-state index contributed by atoms with van der Waals surface area (Å²) in [5.41, 5.74) is -0.00394. The maximum atomic E-state index is 11.0. The van der Waals surface area contributed by atoms with Crippen molar-refractivity contribution in [3.8, 4) is 11.8 Å². The molecule has 0 fully saturated rings. The summed E-state index contributed by atoms with van der Waals surface area (Å²) in [4.78, 5) is 21.4. The van der Waals surface area contributed by atoms with Gasteiger partial charge in [-0.05, 0) is 6.07 Å². The highest BCUT2D eigenvalue weighted by molar-refractivity contribution is 6.37. The van der Waals surface area contributed by atoms with Crippen molar-refractivity contribution in [3.63, 3.8) is 0 Å². The maximum Gasteiger partial charge on any atom is 0.394 e. The lowest BCUT2D eigenvalue weighted by atomic mass is 10.1. The van der Waals surface area contributed by atoms with Crippen molar-refractivity contribution in [1.82, 2.24) is 0 Å². The lowest BCUT2D eigenvalue weighted by molar-refractivity contribution is -0.147. The minimum Gasteiger partial charge on any atom is -0.495 e. The van der Waals surface area contributed by atoms with Gasteiger partial charge in [-0.15, -0.1) is 0 Å². The molecule has 6 nitrogen and oxygen atoms in total. The molecule has 1 amide bonds. The van der Waals surface area contributed by atoms with Gasteiger partial charge in [0.2, 0.25) is 0 Å². The molecule has 0 saturated carbocycles. The Morgan fingerprint density at radius 1 is 1.53 bits per heavy atom. The highest BCUT2D eigenvalue weighted by Crippen LogP contribution is 2.30. The molecule has 0 aliphatic rings. The zero-order valence-electron chi connectivity index (χ0n) is 8.65. The van der Waals surface area contributed by atoms with E-state index in [1.807, 2.05) is 0 Å². The summed E-state index contributed by atoms with van der Waals surface area (Å²) in [5.74, 6) is -2.76. The van der Waals surface area contributed by atoms with Crippen LogP contribution >= 0.6 is 11.6 Å². The third kappa shape index (κ3) is 2.86. The summed E-state index contributed by atoms with van der Waals surface area (Å²) < 4.78 is 4.89. The fraction of sp³-hybridized carbons (Fsp3) is 0.100. The number of benzene rings is 1. The zero-order valence-corrected chi connectivity index (χ0v) is 9.41. The second-order valence-electron chi connectivity index (χ2n) is 2.90. The van der Waals surface area contributed by atoms with E-state index in [0.29, 0.717) is 0 Å². The van der Waals surface area contributed by atoms with Gasteiger partial charge in [-0.25, -0.2) is 4.79 Å². The number of carbonyl (C=O) groups is 2. The Morgan fingerprint density at radius 2 is 2.18 bits per heavy atom. The summed E-state index contributed by atoms with van der Waals surface area (Å²) in [6, 6.07) is 4.45. The van der Waals surface area contributed by atoms with Gasteiger partial charge in [-0.2, -0.15) is 5.26 Å². The smallest absolute Gasteiger partial charge is 0.394 e. The summed E-state index contributed by atoms with van der Waals surface area (Å²) in [5, 5.41) is 19.6. The number of carboxylic acids is 1. The normalized spacial score (nSPS) is 9.24. The molecule has 0 aliphatic heterocycles. The Kier molecular flexibility index (Phi) is 3.91. The van der Waals surface area contributed by atoms with Crippen LogP contribution in [0.25, 0.3) is 0 Å². The van der Waals surface area contributed by atoms with Crippen LogP contribution in [0.4, 0.5) is 5.69 Å². The predicted octanol–water partition coefficient (Wildman–Crippen LogP) is 1.24. The van der Waals surface area contributed by atoms with Gasteiger partial charge < -0.3 is 15.2 Å². The Morgan fingerprint density at radius 3 is 2.65 bits per heavy atom. The topological polar surface area (TPSA) is 99.4 Å². The Labute approximate surface area is 101 Å². The number of methoxy groups -OCH3 is 1. The summed E-state index contributed by atoms with van der Waals surface area (Å²) >= 11 is 5.73. The number of hydrogen-bond donors (Lipinski definition) is 2. The third-order valence-corrected chi connectivity index (χ3v) is 2.06. The van der Waals surface area contributed by atoms with Gasteiger partial charge in [-0.3, -0.25) is 4.79 Å². The Hall–Kier alpha value is -2.26. The largest absolute Gasteiger partial charge is 0.495 e. The summed E-state index contributed by atoms with van der Waals surface area (Å²) in [6.07, 6.45) is 0. The van der Waals surface area contributed by atoms with Crippen LogP contribution in [0.5, 0.6) is 5.75 Å². The molecule has 0 heterocycles.